The quantitative estimate of drug-likeness (QED) is 0.798. The zero-order valence-electron chi connectivity index (χ0n) is 12.0. The van der Waals surface area contributed by atoms with Gasteiger partial charge in [0.05, 0.1) is 12.5 Å². The van der Waals surface area contributed by atoms with E-state index in [2.05, 4.69) is 0 Å². The summed E-state index contributed by atoms with van der Waals surface area (Å²) in [5.74, 6) is -1.15. The van der Waals surface area contributed by atoms with Crippen molar-refractivity contribution in [1.82, 2.24) is 0 Å². The number of anilines is 1. The third-order valence-corrected chi connectivity index (χ3v) is 3.14. The van der Waals surface area contributed by atoms with Crippen LogP contribution in [-0.4, -0.2) is 29.6 Å². The summed E-state index contributed by atoms with van der Waals surface area (Å²) in [5.41, 5.74) is 7.54. The van der Waals surface area contributed by atoms with Crippen LogP contribution in [0.3, 0.4) is 0 Å². The topological polar surface area (TPSA) is 83.6 Å². The van der Waals surface area contributed by atoms with Crippen LogP contribution in [-0.2, 0) is 9.59 Å². The van der Waals surface area contributed by atoms with Gasteiger partial charge in [-0.15, -0.1) is 0 Å². The van der Waals surface area contributed by atoms with Crippen LogP contribution in [0, 0.1) is 6.92 Å². The molecule has 1 aromatic rings. The fourth-order valence-electron chi connectivity index (χ4n) is 2.06. The highest BCUT2D eigenvalue weighted by Crippen LogP contribution is 2.21. The second-order valence-electron chi connectivity index (χ2n) is 4.82. The highest BCUT2D eigenvalue weighted by molar-refractivity contribution is 5.98. The van der Waals surface area contributed by atoms with Crippen molar-refractivity contribution < 1.29 is 14.7 Å². The van der Waals surface area contributed by atoms with Gasteiger partial charge in [0.1, 0.15) is 0 Å². The summed E-state index contributed by atoms with van der Waals surface area (Å²) in [7, 11) is 0. The molecule has 110 valence electrons. The van der Waals surface area contributed by atoms with E-state index in [1.165, 1.54) is 4.90 Å². The molecule has 3 N–H and O–H groups in total. The van der Waals surface area contributed by atoms with Gasteiger partial charge in [-0.2, -0.15) is 0 Å². The number of carbonyl (C=O) groups is 2. The van der Waals surface area contributed by atoms with Crippen molar-refractivity contribution in [3.63, 3.8) is 0 Å². The van der Waals surface area contributed by atoms with Crippen LogP contribution in [0.15, 0.2) is 24.3 Å². The Kier molecular flexibility index (Phi) is 6.18. The largest absolute Gasteiger partial charge is 0.481 e. The summed E-state index contributed by atoms with van der Waals surface area (Å²) in [6.45, 7) is 3.99. The molecule has 1 atom stereocenters. The number of para-hydroxylation sites is 1. The van der Waals surface area contributed by atoms with Gasteiger partial charge in [-0.25, -0.2) is 0 Å². The third-order valence-electron chi connectivity index (χ3n) is 3.14. The van der Waals surface area contributed by atoms with Gasteiger partial charge in [-0.05, 0) is 25.0 Å². The molecular formula is C15H22N2O3. The second kappa shape index (κ2) is 7.65. The van der Waals surface area contributed by atoms with Crippen LogP contribution in [0.2, 0.25) is 0 Å². The van der Waals surface area contributed by atoms with Crippen molar-refractivity contribution in [3.05, 3.63) is 29.8 Å². The Hall–Kier alpha value is -1.88. The molecule has 20 heavy (non-hydrogen) atoms. The Labute approximate surface area is 119 Å². The summed E-state index contributed by atoms with van der Waals surface area (Å²) < 4.78 is 0. The monoisotopic (exact) mass is 278 g/mol. The molecule has 0 fully saturated rings. The van der Waals surface area contributed by atoms with Crippen molar-refractivity contribution in [3.8, 4) is 0 Å². The fraction of sp³-hybridized carbons (Fsp3) is 0.467. The second-order valence-corrected chi connectivity index (χ2v) is 4.82. The highest BCUT2D eigenvalue weighted by Gasteiger charge is 2.23. The molecule has 0 saturated carbocycles. The maximum absolute atomic E-state index is 12.4. The molecule has 0 aliphatic rings. The van der Waals surface area contributed by atoms with Gasteiger partial charge < -0.3 is 15.7 Å². The van der Waals surface area contributed by atoms with Crippen molar-refractivity contribution in [2.75, 3.05) is 11.4 Å². The molecule has 1 aromatic carbocycles. The Morgan fingerprint density at radius 1 is 1.35 bits per heavy atom. The lowest BCUT2D eigenvalue weighted by Gasteiger charge is -2.26. The summed E-state index contributed by atoms with van der Waals surface area (Å²) in [5, 5.41) is 8.83. The molecule has 1 rings (SSSR count). The van der Waals surface area contributed by atoms with Crippen LogP contribution >= 0.6 is 0 Å². The van der Waals surface area contributed by atoms with Crippen molar-refractivity contribution >= 4 is 17.6 Å². The van der Waals surface area contributed by atoms with Gasteiger partial charge in [0.15, 0.2) is 0 Å². The average Bonchev–Trinajstić information content (AvgIpc) is 2.40. The molecule has 5 heteroatoms. The fourth-order valence-corrected chi connectivity index (χ4v) is 2.06. The lowest BCUT2D eigenvalue weighted by molar-refractivity contribution is -0.136. The minimum absolute atomic E-state index is 0.0983. The van der Waals surface area contributed by atoms with Crippen LogP contribution in [0.1, 0.15) is 31.7 Å². The Balaban J connectivity index is 2.99. The molecule has 0 saturated heterocycles. The molecule has 0 aromatic heterocycles. The molecule has 0 radical (unpaired) electrons. The number of benzene rings is 1. The van der Waals surface area contributed by atoms with Gasteiger partial charge in [0.25, 0.3) is 0 Å². The molecule has 0 unspecified atom stereocenters. The number of hydrogen-bond acceptors (Lipinski definition) is 3. The Morgan fingerprint density at radius 3 is 2.55 bits per heavy atom. The number of rotatable bonds is 7. The predicted octanol–water partition coefficient (Wildman–Crippen LogP) is 1.93. The van der Waals surface area contributed by atoms with Crippen LogP contribution in [0.5, 0.6) is 0 Å². The third kappa shape index (κ3) is 4.35. The van der Waals surface area contributed by atoms with Crippen LogP contribution < -0.4 is 10.6 Å². The van der Waals surface area contributed by atoms with Crippen LogP contribution in [0.25, 0.3) is 0 Å². The van der Waals surface area contributed by atoms with E-state index in [9.17, 15) is 9.59 Å². The van der Waals surface area contributed by atoms with Gasteiger partial charge in [-0.1, -0.05) is 31.5 Å². The zero-order valence-corrected chi connectivity index (χ0v) is 12.0. The van der Waals surface area contributed by atoms with E-state index in [1.54, 1.807) is 0 Å². The minimum atomic E-state index is -0.930. The molecule has 0 bridgehead atoms. The number of nitrogens with zero attached hydrogens (tertiary/aromatic N) is 1. The first-order valence-electron chi connectivity index (χ1n) is 6.81. The molecule has 0 spiro atoms. The maximum Gasteiger partial charge on any atom is 0.305 e. The van der Waals surface area contributed by atoms with Crippen molar-refractivity contribution in [2.45, 2.75) is 39.2 Å². The molecular weight excluding hydrogens is 256 g/mol. The number of aryl methyl sites for hydroxylation is 1. The number of amides is 1. The summed E-state index contributed by atoms with van der Waals surface area (Å²) in [6, 6.07) is 6.82. The summed E-state index contributed by atoms with van der Waals surface area (Å²) in [4.78, 5) is 24.7. The predicted molar refractivity (Wildman–Crippen MR) is 78.7 cm³/mol. The lowest BCUT2D eigenvalue weighted by Crippen LogP contribution is -2.45. The first-order valence-corrected chi connectivity index (χ1v) is 6.81. The highest BCUT2D eigenvalue weighted by atomic mass is 16.4. The van der Waals surface area contributed by atoms with E-state index in [-0.39, 0.29) is 18.9 Å². The number of carboxylic acids is 1. The van der Waals surface area contributed by atoms with E-state index in [0.29, 0.717) is 6.42 Å². The standard InChI is InChI=1S/C15H22N2O3/c1-3-6-12(16)15(20)17(10-9-14(18)19)13-8-5-4-7-11(13)2/h4-5,7-8,12H,3,6,9-10,16H2,1-2H3,(H,18,19)/t12-/m1/s1. The number of carbonyl (C=O) groups excluding carboxylic acids is 1. The van der Waals surface area contributed by atoms with Crippen molar-refractivity contribution in [1.29, 1.82) is 0 Å². The van der Waals surface area contributed by atoms with E-state index in [0.717, 1.165) is 17.7 Å². The molecule has 1 amide bonds. The van der Waals surface area contributed by atoms with Gasteiger partial charge >= 0.3 is 5.97 Å². The average molecular weight is 278 g/mol. The van der Waals surface area contributed by atoms with Gasteiger partial charge in [-0.3, -0.25) is 9.59 Å². The maximum atomic E-state index is 12.4. The minimum Gasteiger partial charge on any atom is -0.481 e. The first-order chi connectivity index (χ1) is 9.47. The van der Waals surface area contributed by atoms with Crippen molar-refractivity contribution in [2.24, 2.45) is 5.73 Å². The van der Waals surface area contributed by atoms with Gasteiger partial charge in [0, 0.05) is 12.2 Å². The Bertz CT molecular complexity index is 474. The van der Waals surface area contributed by atoms with E-state index < -0.39 is 12.0 Å². The smallest absolute Gasteiger partial charge is 0.305 e. The lowest BCUT2D eigenvalue weighted by atomic mass is 10.1. The summed E-state index contributed by atoms with van der Waals surface area (Å²) >= 11 is 0. The number of hydrogen-bond donors (Lipinski definition) is 2. The first kappa shape index (κ1) is 16.2. The molecule has 0 heterocycles. The van der Waals surface area contributed by atoms with Crippen LogP contribution in [0.4, 0.5) is 5.69 Å². The SMILES string of the molecule is CCC[C@@H](N)C(=O)N(CCC(=O)O)c1ccccc1C. The zero-order chi connectivity index (χ0) is 15.1. The number of aliphatic carboxylic acids is 1. The van der Waals surface area contributed by atoms with E-state index in [4.69, 9.17) is 10.8 Å². The number of carboxylic acid groups (broad SMARTS) is 1. The van der Waals surface area contributed by atoms with E-state index in [1.807, 2.05) is 38.1 Å². The summed E-state index contributed by atoms with van der Waals surface area (Å²) in [6.07, 6.45) is 1.31. The normalized spacial score (nSPS) is 11.9. The van der Waals surface area contributed by atoms with E-state index >= 15 is 0 Å². The van der Waals surface area contributed by atoms with Gasteiger partial charge in [0.2, 0.25) is 5.91 Å². The number of nitrogens with two attached hydrogens (primary N) is 1. The molecule has 0 aliphatic carbocycles. The molecule has 5 nitrogen and oxygen atoms in total. The molecule has 0 aliphatic heterocycles. The Morgan fingerprint density at radius 2 is 2.00 bits per heavy atom.